The third-order valence-corrected chi connectivity index (χ3v) is 3.84. The van der Waals surface area contributed by atoms with E-state index in [1.807, 2.05) is 0 Å². The van der Waals surface area contributed by atoms with Crippen LogP contribution >= 0.6 is 11.3 Å². The Kier molecular flexibility index (Phi) is 4.19. The highest BCUT2D eigenvalue weighted by Gasteiger charge is 2.21. The fourth-order valence-electron chi connectivity index (χ4n) is 1.84. The molecule has 0 saturated carbocycles. The third kappa shape index (κ3) is 2.86. The van der Waals surface area contributed by atoms with Crippen molar-refractivity contribution in [2.24, 2.45) is 5.73 Å². The summed E-state index contributed by atoms with van der Waals surface area (Å²) >= 11 is 0.767. The quantitative estimate of drug-likeness (QED) is 0.805. The Morgan fingerprint density at radius 1 is 1.43 bits per heavy atom. The van der Waals surface area contributed by atoms with Crippen LogP contribution < -0.4 is 11.5 Å². The lowest BCUT2D eigenvalue weighted by Gasteiger charge is -2.10. The van der Waals surface area contributed by atoms with Crippen LogP contribution in [0, 0.1) is 11.6 Å². The van der Waals surface area contributed by atoms with Gasteiger partial charge in [0, 0.05) is 0 Å². The number of hydrogen-bond donors (Lipinski definition) is 3. The van der Waals surface area contributed by atoms with Crippen LogP contribution in [0.15, 0.2) is 12.1 Å². The number of nitrogens with zero attached hydrogens (tertiary/aromatic N) is 1. The summed E-state index contributed by atoms with van der Waals surface area (Å²) < 4.78 is 28.2. The highest BCUT2D eigenvalue weighted by molar-refractivity contribution is 7.19. The number of aromatic nitrogens is 1. The molecule has 0 radical (unpaired) electrons. The van der Waals surface area contributed by atoms with E-state index in [0.29, 0.717) is 6.42 Å². The highest BCUT2D eigenvalue weighted by Crippen LogP contribution is 2.35. The van der Waals surface area contributed by atoms with Crippen molar-refractivity contribution in [1.29, 1.82) is 0 Å². The number of halogens is 2. The van der Waals surface area contributed by atoms with Crippen LogP contribution in [0.4, 0.5) is 13.8 Å². The number of amides is 1. The molecule has 0 aliphatic carbocycles. The molecule has 0 aliphatic heterocycles. The molecule has 112 valence electrons. The first kappa shape index (κ1) is 15.3. The van der Waals surface area contributed by atoms with E-state index in [1.54, 1.807) is 6.92 Å². The van der Waals surface area contributed by atoms with E-state index < -0.39 is 29.2 Å². The maximum absolute atomic E-state index is 14.1. The number of rotatable bonds is 4. The Hall–Kier alpha value is -2.06. The van der Waals surface area contributed by atoms with Gasteiger partial charge in [0.2, 0.25) is 0 Å². The zero-order valence-corrected chi connectivity index (χ0v) is 11.9. The average Bonchev–Trinajstić information content (AvgIpc) is 2.78. The lowest BCUT2D eigenvalue weighted by molar-refractivity contribution is 0.0997. The van der Waals surface area contributed by atoms with Crippen molar-refractivity contribution in [1.82, 2.24) is 4.98 Å². The van der Waals surface area contributed by atoms with E-state index in [1.165, 1.54) is 0 Å². The summed E-state index contributed by atoms with van der Waals surface area (Å²) in [7, 11) is 0. The summed E-state index contributed by atoms with van der Waals surface area (Å²) in [5, 5.41) is 9.55. The summed E-state index contributed by atoms with van der Waals surface area (Å²) in [5.41, 5.74) is 10.1. The van der Waals surface area contributed by atoms with Crippen LogP contribution in [0.25, 0.3) is 10.6 Å². The van der Waals surface area contributed by atoms with Crippen molar-refractivity contribution in [2.75, 3.05) is 5.73 Å². The molecule has 0 saturated heterocycles. The number of carbonyl (C=O) groups excluding carboxylic acids is 1. The average molecular weight is 313 g/mol. The smallest absolute Gasteiger partial charge is 0.270 e. The number of aliphatic hydroxyl groups excluding tert-OH is 1. The van der Waals surface area contributed by atoms with Gasteiger partial charge in [-0.2, -0.15) is 0 Å². The predicted octanol–water partition coefficient (Wildman–Crippen LogP) is 2.21. The molecule has 21 heavy (non-hydrogen) atoms. The molecule has 5 N–H and O–H groups in total. The minimum atomic E-state index is -0.953. The van der Waals surface area contributed by atoms with E-state index in [-0.39, 0.29) is 21.3 Å². The first-order valence-corrected chi connectivity index (χ1v) is 6.90. The number of anilines is 1. The number of hydrogen-bond acceptors (Lipinski definition) is 5. The van der Waals surface area contributed by atoms with Gasteiger partial charge in [0.1, 0.15) is 21.6 Å². The zero-order chi connectivity index (χ0) is 15.7. The van der Waals surface area contributed by atoms with Gasteiger partial charge >= 0.3 is 0 Å². The molecule has 1 atom stereocenters. The van der Waals surface area contributed by atoms with Crippen molar-refractivity contribution >= 4 is 22.2 Å². The Morgan fingerprint density at radius 3 is 2.43 bits per heavy atom. The molecule has 2 aromatic rings. The predicted molar refractivity (Wildman–Crippen MR) is 75.6 cm³/mol. The zero-order valence-electron chi connectivity index (χ0n) is 11.1. The van der Waals surface area contributed by atoms with Crippen LogP contribution in [0.3, 0.4) is 0 Å². The van der Waals surface area contributed by atoms with Gasteiger partial charge < -0.3 is 16.6 Å². The molecule has 0 aliphatic rings. The second kappa shape index (κ2) is 5.74. The second-order valence-electron chi connectivity index (χ2n) is 4.38. The Labute approximate surface area is 123 Å². The standard InChI is InChI=1S/C13H13F2N3O2S/c1-2-8(19)5-3-6(14)9(7(15)4-5)13-18-10(11(16)20)12(17)21-13/h3-4,8,19H,2,17H2,1H3,(H2,16,20). The number of benzene rings is 1. The first-order valence-electron chi connectivity index (χ1n) is 6.08. The maximum Gasteiger partial charge on any atom is 0.270 e. The van der Waals surface area contributed by atoms with Gasteiger partial charge in [-0.3, -0.25) is 4.79 Å². The number of carbonyl (C=O) groups is 1. The van der Waals surface area contributed by atoms with Crippen molar-refractivity contribution in [2.45, 2.75) is 19.4 Å². The van der Waals surface area contributed by atoms with E-state index >= 15 is 0 Å². The minimum Gasteiger partial charge on any atom is -0.389 e. The number of aliphatic hydroxyl groups is 1. The normalized spacial score (nSPS) is 12.4. The monoisotopic (exact) mass is 313 g/mol. The van der Waals surface area contributed by atoms with Gasteiger partial charge in [-0.15, -0.1) is 0 Å². The molecule has 1 heterocycles. The number of nitrogens with two attached hydrogens (primary N) is 2. The van der Waals surface area contributed by atoms with Gasteiger partial charge in [0.25, 0.3) is 5.91 Å². The molecule has 5 nitrogen and oxygen atoms in total. The highest BCUT2D eigenvalue weighted by atomic mass is 32.1. The summed E-state index contributed by atoms with van der Waals surface area (Å²) in [6, 6.07) is 2.07. The van der Waals surface area contributed by atoms with Gasteiger partial charge in [-0.25, -0.2) is 13.8 Å². The van der Waals surface area contributed by atoms with Gasteiger partial charge in [-0.05, 0) is 24.1 Å². The van der Waals surface area contributed by atoms with Gasteiger partial charge in [0.15, 0.2) is 5.69 Å². The van der Waals surface area contributed by atoms with Crippen LogP contribution in [0.5, 0.6) is 0 Å². The second-order valence-corrected chi connectivity index (χ2v) is 5.41. The molecule has 1 unspecified atom stereocenters. The number of nitrogen functional groups attached to an aromatic ring is 1. The molecular formula is C13H13F2N3O2S. The Morgan fingerprint density at radius 2 is 2.00 bits per heavy atom. The topological polar surface area (TPSA) is 102 Å². The summed E-state index contributed by atoms with van der Waals surface area (Å²) in [6.45, 7) is 1.69. The van der Waals surface area contributed by atoms with Crippen molar-refractivity contribution in [3.63, 3.8) is 0 Å². The van der Waals surface area contributed by atoms with E-state index in [0.717, 1.165) is 23.5 Å². The van der Waals surface area contributed by atoms with Crippen LogP contribution in [0.1, 0.15) is 35.5 Å². The lowest BCUT2D eigenvalue weighted by atomic mass is 10.0. The van der Waals surface area contributed by atoms with Gasteiger partial charge in [-0.1, -0.05) is 18.3 Å². The fourth-order valence-corrected chi connectivity index (χ4v) is 2.73. The van der Waals surface area contributed by atoms with E-state index in [4.69, 9.17) is 11.5 Å². The molecule has 1 aromatic heterocycles. The third-order valence-electron chi connectivity index (χ3n) is 2.94. The fraction of sp³-hybridized carbons (Fsp3) is 0.231. The minimum absolute atomic E-state index is 0.00558. The van der Waals surface area contributed by atoms with Crippen LogP contribution in [0.2, 0.25) is 0 Å². The summed E-state index contributed by atoms with van der Waals surface area (Å²) in [4.78, 5) is 14.9. The van der Waals surface area contributed by atoms with Crippen molar-refractivity contribution < 1.29 is 18.7 Å². The molecular weight excluding hydrogens is 300 g/mol. The van der Waals surface area contributed by atoms with Gasteiger partial charge in [0.05, 0.1) is 11.7 Å². The molecule has 0 fully saturated rings. The summed E-state index contributed by atoms with van der Waals surface area (Å²) in [5.74, 6) is -2.64. The first-order chi connectivity index (χ1) is 9.85. The molecule has 2 rings (SSSR count). The van der Waals surface area contributed by atoms with Crippen molar-refractivity contribution in [3.05, 3.63) is 35.0 Å². The SMILES string of the molecule is CCC(O)c1cc(F)c(-c2nc(C(N)=O)c(N)s2)c(F)c1. The lowest BCUT2D eigenvalue weighted by Crippen LogP contribution is -2.13. The molecule has 0 bridgehead atoms. The molecule has 1 amide bonds. The molecule has 0 spiro atoms. The van der Waals surface area contributed by atoms with E-state index in [9.17, 15) is 18.7 Å². The molecule has 1 aromatic carbocycles. The summed E-state index contributed by atoms with van der Waals surface area (Å²) in [6.07, 6.45) is -0.626. The largest absolute Gasteiger partial charge is 0.389 e. The maximum atomic E-state index is 14.1. The van der Waals surface area contributed by atoms with Crippen LogP contribution in [-0.4, -0.2) is 16.0 Å². The number of primary amides is 1. The number of thiazole rings is 1. The Balaban J connectivity index is 2.55. The van der Waals surface area contributed by atoms with E-state index in [2.05, 4.69) is 4.98 Å². The molecule has 8 heteroatoms. The Bertz CT molecular complexity index is 680. The van der Waals surface area contributed by atoms with Crippen molar-refractivity contribution in [3.8, 4) is 10.6 Å². The van der Waals surface area contributed by atoms with Crippen LogP contribution in [-0.2, 0) is 0 Å².